The van der Waals surface area contributed by atoms with E-state index >= 15 is 0 Å². The van der Waals surface area contributed by atoms with Crippen molar-refractivity contribution in [3.05, 3.63) is 59.4 Å². The summed E-state index contributed by atoms with van der Waals surface area (Å²) in [6.07, 6.45) is 0. The van der Waals surface area contributed by atoms with Crippen molar-refractivity contribution in [1.82, 2.24) is 0 Å². The van der Waals surface area contributed by atoms with Crippen molar-refractivity contribution in [2.75, 3.05) is 4.72 Å². The molecule has 0 bridgehead atoms. The number of aryl methyl sites for hydroxylation is 1. The highest BCUT2D eigenvalue weighted by Crippen LogP contribution is 2.22. The van der Waals surface area contributed by atoms with Crippen LogP contribution in [0.25, 0.3) is 0 Å². The molecule has 0 amide bonds. The summed E-state index contributed by atoms with van der Waals surface area (Å²) >= 11 is 0. The van der Waals surface area contributed by atoms with Gasteiger partial charge in [0.15, 0.2) is 0 Å². The van der Waals surface area contributed by atoms with Crippen molar-refractivity contribution in [3.8, 4) is 0 Å². The Hall–Kier alpha value is -2.41. The first kappa shape index (κ1) is 15.0. The fourth-order valence-electron chi connectivity index (χ4n) is 1.86. The van der Waals surface area contributed by atoms with E-state index in [2.05, 4.69) is 4.72 Å². The van der Waals surface area contributed by atoms with Crippen molar-refractivity contribution in [2.24, 2.45) is 0 Å². The average molecular weight is 308 g/mol. The average Bonchev–Trinajstić information content (AvgIpc) is 2.37. The van der Waals surface area contributed by atoms with E-state index in [9.17, 15) is 22.7 Å². The van der Waals surface area contributed by atoms with Gasteiger partial charge in [0.05, 0.1) is 16.6 Å². The molecule has 0 saturated carbocycles. The monoisotopic (exact) mass is 308 g/mol. The Morgan fingerprint density at radius 3 is 2.48 bits per heavy atom. The van der Waals surface area contributed by atoms with Crippen LogP contribution in [0.15, 0.2) is 47.4 Å². The summed E-state index contributed by atoms with van der Waals surface area (Å²) in [4.78, 5) is 10.8. The topological polar surface area (TPSA) is 86.3 Å². The number of carbonyl (C=O) groups excluding carboxylic acids is 1. The van der Waals surface area contributed by atoms with E-state index < -0.39 is 21.8 Å². The first-order chi connectivity index (χ1) is 9.81. The van der Waals surface area contributed by atoms with E-state index in [1.54, 1.807) is 0 Å². The Labute approximate surface area is 121 Å². The van der Waals surface area contributed by atoms with Crippen LogP contribution in [0, 0.1) is 12.7 Å². The lowest BCUT2D eigenvalue weighted by Gasteiger charge is -2.14. The predicted molar refractivity (Wildman–Crippen MR) is 72.7 cm³/mol. The van der Waals surface area contributed by atoms with Crippen LogP contribution < -0.4 is 9.83 Å². The van der Waals surface area contributed by atoms with E-state index in [-0.39, 0.29) is 21.7 Å². The molecule has 21 heavy (non-hydrogen) atoms. The van der Waals surface area contributed by atoms with Gasteiger partial charge in [-0.3, -0.25) is 4.72 Å². The zero-order chi connectivity index (χ0) is 15.6. The maximum absolute atomic E-state index is 13.0. The Bertz CT molecular complexity index is 802. The third-order valence-corrected chi connectivity index (χ3v) is 4.34. The van der Waals surface area contributed by atoms with Crippen molar-refractivity contribution in [2.45, 2.75) is 11.8 Å². The molecular weight excluding hydrogens is 297 g/mol. The number of carbonyl (C=O) groups is 1. The Kier molecular flexibility index (Phi) is 3.95. The van der Waals surface area contributed by atoms with Crippen LogP contribution in [0.5, 0.6) is 0 Å². The van der Waals surface area contributed by atoms with E-state index in [0.717, 1.165) is 18.2 Å². The summed E-state index contributed by atoms with van der Waals surface area (Å²) in [5.74, 6) is -2.05. The highest BCUT2D eigenvalue weighted by molar-refractivity contribution is 7.92. The molecule has 0 aliphatic heterocycles. The fraction of sp³-hybridized carbons (Fsp3) is 0.0714. The van der Waals surface area contributed by atoms with Gasteiger partial charge >= 0.3 is 0 Å². The molecular formula is C14H11FNO4S-. The minimum Gasteiger partial charge on any atom is -0.545 e. The van der Waals surface area contributed by atoms with Crippen LogP contribution in [0.1, 0.15) is 15.9 Å². The van der Waals surface area contributed by atoms with Crippen LogP contribution in [0.2, 0.25) is 0 Å². The van der Waals surface area contributed by atoms with E-state index in [1.165, 1.54) is 31.2 Å². The number of anilines is 1. The summed E-state index contributed by atoms with van der Waals surface area (Å²) in [5.41, 5.74) is -0.171. The standard InChI is InChI=1S/C14H12FNO4S/c1-9-8-10(15)6-7-13(9)21(19,20)16-12-5-3-2-4-11(12)14(17)18/h2-8,16H,1H3,(H,17,18)/p-1. The van der Waals surface area contributed by atoms with Crippen LogP contribution in [0.4, 0.5) is 10.1 Å². The molecule has 0 heterocycles. The molecule has 2 rings (SSSR count). The number of carboxylic acid groups (broad SMARTS) is 1. The van der Waals surface area contributed by atoms with Crippen molar-refractivity contribution in [3.63, 3.8) is 0 Å². The molecule has 0 aromatic heterocycles. The fourth-order valence-corrected chi connectivity index (χ4v) is 3.17. The number of rotatable bonds is 4. The smallest absolute Gasteiger partial charge is 0.262 e. The van der Waals surface area contributed by atoms with Crippen LogP contribution in [0.3, 0.4) is 0 Å². The van der Waals surface area contributed by atoms with Gasteiger partial charge in [-0.15, -0.1) is 0 Å². The van der Waals surface area contributed by atoms with Gasteiger partial charge in [0.1, 0.15) is 5.82 Å². The van der Waals surface area contributed by atoms with Gasteiger partial charge in [-0.2, -0.15) is 0 Å². The molecule has 2 aromatic carbocycles. The second-order valence-corrected chi connectivity index (χ2v) is 6.00. The molecule has 0 saturated heterocycles. The Balaban J connectivity index is 2.45. The zero-order valence-electron chi connectivity index (χ0n) is 11.0. The molecule has 1 N–H and O–H groups in total. The minimum absolute atomic E-state index is 0.110. The molecule has 0 unspecified atom stereocenters. The number of carboxylic acids is 1. The maximum Gasteiger partial charge on any atom is 0.262 e. The van der Waals surface area contributed by atoms with Gasteiger partial charge in [-0.25, -0.2) is 12.8 Å². The van der Waals surface area contributed by atoms with Gasteiger partial charge in [0, 0.05) is 5.56 Å². The number of halogens is 1. The summed E-state index contributed by atoms with van der Waals surface area (Å²) < 4.78 is 39.7. The van der Waals surface area contributed by atoms with Gasteiger partial charge in [0.2, 0.25) is 0 Å². The predicted octanol–water partition coefficient (Wildman–Crippen LogP) is 1.30. The van der Waals surface area contributed by atoms with E-state index in [0.29, 0.717) is 0 Å². The molecule has 2 aromatic rings. The Morgan fingerprint density at radius 1 is 1.19 bits per heavy atom. The summed E-state index contributed by atoms with van der Waals surface area (Å²) in [6, 6.07) is 8.69. The lowest BCUT2D eigenvalue weighted by molar-refractivity contribution is -0.254. The molecule has 0 aliphatic carbocycles. The number of hydrogen-bond donors (Lipinski definition) is 1. The lowest BCUT2D eigenvalue weighted by Crippen LogP contribution is -2.25. The molecule has 0 spiro atoms. The van der Waals surface area contributed by atoms with Gasteiger partial charge in [-0.05, 0) is 36.8 Å². The highest BCUT2D eigenvalue weighted by atomic mass is 32.2. The number of para-hydroxylation sites is 1. The maximum atomic E-state index is 13.0. The number of sulfonamides is 1. The van der Waals surface area contributed by atoms with Crippen molar-refractivity contribution >= 4 is 21.7 Å². The molecule has 0 radical (unpaired) electrons. The number of hydrogen-bond acceptors (Lipinski definition) is 4. The first-order valence-electron chi connectivity index (χ1n) is 5.90. The number of aromatic carboxylic acids is 1. The normalized spacial score (nSPS) is 11.1. The van der Waals surface area contributed by atoms with Crippen molar-refractivity contribution in [1.29, 1.82) is 0 Å². The number of benzene rings is 2. The van der Waals surface area contributed by atoms with Gasteiger partial charge in [-0.1, -0.05) is 18.2 Å². The SMILES string of the molecule is Cc1cc(F)ccc1S(=O)(=O)Nc1ccccc1C(=O)[O-]. The molecule has 7 heteroatoms. The molecule has 0 aliphatic rings. The van der Waals surface area contributed by atoms with Gasteiger partial charge < -0.3 is 9.90 Å². The first-order valence-corrected chi connectivity index (χ1v) is 7.39. The minimum atomic E-state index is -4.02. The van der Waals surface area contributed by atoms with Crippen LogP contribution in [-0.2, 0) is 10.0 Å². The second kappa shape index (κ2) is 5.53. The van der Waals surface area contributed by atoms with E-state index in [1.807, 2.05) is 0 Å². The summed E-state index contributed by atoms with van der Waals surface area (Å²) in [7, 11) is -4.02. The third kappa shape index (κ3) is 3.19. The van der Waals surface area contributed by atoms with Crippen LogP contribution >= 0.6 is 0 Å². The zero-order valence-corrected chi connectivity index (χ0v) is 11.8. The summed E-state index contributed by atoms with van der Waals surface area (Å²) in [5, 5.41) is 11.0. The van der Waals surface area contributed by atoms with Crippen molar-refractivity contribution < 1.29 is 22.7 Å². The largest absolute Gasteiger partial charge is 0.545 e. The summed E-state index contributed by atoms with van der Waals surface area (Å²) in [6.45, 7) is 1.45. The molecule has 0 atom stereocenters. The molecule has 5 nitrogen and oxygen atoms in total. The highest BCUT2D eigenvalue weighted by Gasteiger charge is 2.18. The molecule has 110 valence electrons. The third-order valence-electron chi connectivity index (χ3n) is 2.82. The number of nitrogens with one attached hydrogen (secondary N) is 1. The second-order valence-electron chi connectivity index (χ2n) is 4.35. The quantitative estimate of drug-likeness (QED) is 0.922. The van der Waals surface area contributed by atoms with Gasteiger partial charge in [0.25, 0.3) is 10.0 Å². The molecule has 0 fully saturated rings. The van der Waals surface area contributed by atoms with Crippen LogP contribution in [-0.4, -0.2) is 14.4 Å². The van der Waals surface area contributed by atoms with E-state index in [4.69, 9.17) is 0 Å². The lowest BCUT2D eigenvalue weighted by atomic mass is 10.2. The Morgan fingerprint density at radius 2 is 1.86 bits per heavy atom.